The average molecular weight is 512 g/mol. The van der Waals surface area contributed by atoms with Crippen LogP contribution >= 0.6 is 11.3 Å². The van der Waals surface area contributed by atoms with E-state index in [0.29, 0.717) is 41.2 Å². The number of hydrogen-bond acceptors (Lipinski definition) is 5. The van der Waals surface area contributed by atoms with E-state index in [2.05, 4.69) is 20.5 Å². The lowest BCUT2D eigenvalue weighted by Crippen LogP contribution is -2.36. The number of benzene rings is 2. The van der Waals surface area contributed by atoms with Gasteiger partial charge < -0.3 is 15.5 Å². The molecule has 0 saturated carbocycles. The molecule has 0 spiro atoms. The summed E-state index contributed by atoms with van der Waals surface area (Å²) in [5, 5.41) is 5.45. The van der Waals surface area contributed by atoms with Gasteiger partial charge in [0.15, 0.2) is 4.96 Å². The first kappa shape index (κ1) is 24.3. The molecule has 1 saturated heterocycles. The minimum Gasteiger partial charge on any atom is -0.355 e. The van der Waals surface area contributed by atoms with Gasteiger partial charge in [-0.2, -0.15) is 0 Å². The lowest BCUT2D eigenvalue weighted by atomic mass is 10.1. The molecule has 2 aromatic carbocycles. The Bertz CT molecular complexity index is 1420. The van der Waals surface area contributed by atoms with Gasteiger partial charge in [0.25, 0.3) is 11.8 Å². The number of rotatable bonds is 7. The van der Waals surface area contributed by atoms with Crippen LogP contribution < -0.4 is 10.6 Å². The summed E-state index contributed by atoms with van der Waals surface area (Å²) in [5.74, 6) is -1.00. The number of thiazole rings is 1. The summed E-state index contributed by atoms with van der Waals surface area (Å²) in [7, 11) is 1.50. The van der Waals surface area contributed by atoms with Crippen molar-refractivity contribution in [2.45, 2.75) is 25.4 Å². The molecule has 1 fully saturated rings. The third-order valence-electron chi connectivity index (χ3n) is 6.54. The van der Waals surface area contributed by atoms with Crippen molar-refractivity contribution in [1.29, 1.82) is 0 Å². The number of carbonyl (C=O) groups is 2. The first-order valence-corrected chi connectivity index (χ1v) is 12.8. The van der Waals surface area contributed by atoms with Crippen molar-refractivity contribution in [3.05, 3.63) is 59.5 Å². The molecule has 7 nitrogen and oxygen atoms in total. The molecule has 1 aliphatic rings. The standard InChI is InChI=1S/C26H27F2N5O2S/c1-29-24(34)16-3-5-19(20(28)13-16)21-15-33-22-6-4-17(14-23(22)36-26(33)31-21)25(35)30-9-2-10-32-11-7-18(27)8-12-32/h3-6,13-15,18H,2,7-12H2,1H3,(H,29,34)(H,30,35). The number of nitrogens with zero attached hydrogens (tertiary/aromatic N) is 3. The van der Waals surface area contributed by atoms with E-state index in [1.165, 1.54) is 24.5 Å². The fourth-order valence-electron chi connectivity index (χ4n) is 4.51. The maximum absolute atomic E-state index is 14.7. The minimum atomic E-state index is -0.675. The van der Waals surface area contributed by atoms with Crippen LogP contribution in [0.25, 0.3) is 26.4 Å². The zero-order valence-electron chi connectivity index (χ0n) is 19.9. The highest BCUT2D eigenvalue weighted by Gasteiger charge is 2.18. The van der Waals surface area contributed by atoms with E-state index >= 15 is 0 Å². The molecule has 2 aromatic heterocycles. The van der Waals surface area contributed by atoms with Crippen molar-refractivity contribution in [2.75, 3.05) is 33.2 Å². The number of imidazole rings is 1. The Kier molecular flexibility index (Phi) is 6.97. The number of fused-ring (bicyclic) bond motifs is 3. The first-order valence-electron chi connectivity index (χ1n) is 12.0. The van der Waals surface area contributed by atoms with Crippen LogP contribution in [0.15, 0.2) is 42.6 Å². The first-order chi connectivity index (χ1) is 17.4. The Morgan fingerprint density at radius 2 is 1.86 bits per heavy atom. The molecule has 0 aliphatic carbocycles. The summed E-state index contributed by atoms with van der Waals surface area (Å²) in [6.45, 7) is 2.97. The second kappa shape index (κ2) is 10.3. The maximum Gasteiger partial charge on any atom is 0.251 e. The number of hydrogen-bond donors (Lipinski definition) is 2. The van der Waals surface area contributed by atoms with Crippen molar-refractivity contribution < 1.29 is 18.4 Å². The van der Waals surface area contributed by atoms with Gasteiger partial charge in [-0.3, -0.25) is 14.0 Å². The highest BCUT2D eigenvalue weighted by atomic mass is 32.1. The van der Waals surface area contributed by atoms with E-state index in [4.69, 9.17) is 0 Å². The number of carbonyl (C=O) groups excluding carboxylic acids is 2. The van der Waals surface area contributed by atoms with Gasteiger partial charge in [0.2, 0.25) is 0 Å². The molecule has 1 aliphatic heterocycles. The fraction of sp³-hybridized carbons (Fsp3) is 0.346. The molecular formula is C26H27F2N5O2S. The van der Waals surface area contributed by atoms with Gasteiger partial charge in [-0.1, -0.05) is 11.3 Å². The van der Waals surface area contributed by atoms with Crippen molar-refractivity contribution >= 4 is 38.3 Å². The van der Waals surface area contributed by atoms with E-state index in [1.807, 2.05) is 16.5 Å². The summed E-state index contributed by atoms with van der Waals surface area (Å²) < 4.78 is 30.7. The number of amides is 2. The van der Waals surface area contributed by atoms with Crippen molar-refractivity contribution in [1.82, 2.24) is 24.9 Å². The van der Waals surface area contributed by atoms with Crippen LogP contribution in [0.3, 0.4) is 0 Å². The molecule has 0 radical (unpaired) electrons. The van der Waals surface area contributed by atoms with E-state index in [-0.39, 0.29) is 17.4 Å². The predicted octanol–water partition coefficient (Wildman–Crippen LogP) is 4.27. The van der Waals surface area contributed by atoms with Crippen LogP contribution in [0.4, 0.5) is 8.78 Å². The summed E-state index contributed by atoms with van der Waals surface area (Å²) in [4.78, 5) is 31.9. The van der Waals surface area contributed by atoms with Gasteiger partial charge in [-0.15, -0.1) is 0 Å². The van der Waals surface area contributed by atoms with Crippen LogP contribution in [-0.4, -0.2) is 65.5 Å². The van der Waals surface area contributed by atoms with Gasteiger partial charge in [0.1, 0.15) is 12.0 Å². The lowest BCUT2D eigenvalue weighted by Gasteiger charge is -2.28. The Morgan fingerprint density at radius 1 is 1.11 bits per heavy atom. The second-order valence-corrected chi connectivity index (χ2v) is 9.97. The summed E-state index contributed by atoms with van der Waals surface area (Å²) >= 11 is 1.42. The molecule has 10 heteroatoms. The van der Waals surface area contributed by atoms with Gasteiger partial charge >= 0.3 is 0 Å². The number of alkyl halides is 1. The van der Waals surface area contributed by atoms with Gasteiger partial charge in [0.05, 0.1) is 15.9 Å². The highest BCUT2D eigenvalue weighted by molar-refractivity contribution is 7.23. The van der Waals surface area contributed by atoms with Crippen LogP contribution in [0.2, 0.25) is 0 Å². The van der Waals surface area contributed by atoms with Crippen LogP contribution in [-0.2, 0) is 0 Å². The lowest BCUT2D eigenvalue weighted by molar-refractivity contribution is 0.0946. The highest BCUT2D eigenvalue weighted by Crippen LogP contribution is 2.31. The Labute approximate surface area is 211 Å². The predicted molar refractivity (Wildman–Crippen MR) is 137 cm³/mol. The molecule has 5 rings (SSSR count). The van der Waals surface area contributed by atoms with E-state index in [0.717, 1.165) is 36.3 Å². The SMILES string of the molecule is CNC(=O)c1ccc(-c2cn3c(n2)sc2cc(C(=O)NCCCN4CCC(F)CC4)ccc23)c(F)c1. The molecule has 2 N–H and O–H groups in total. The van der Waals surface area contributed by atoms with Gasteiger partial charge in [0, 0.05) is 49.6 Å². The fourth-order valence-corrected chi connectivity index (χ4v) is 5.56. The number of nitrogens with one attached hydrogen (secondary N) is 2. The monoisotopic (exact) mass is 511 g/mol. The summed E-state index contributed by atoms with van der Waals surface area (Å²) in [6, 6.07) is 9.81. The number of halogens is 2. The summed E-state index contributed by atoms with van der Waals surface area (Å²) in [6.07, 6.45) is 3.10. The second-order valence-electron chi connectivity index (χ2n) is 8.96. The summed E-state index contributed by atoms with van der Waals surface area (Å²) in [5.41, 5.74) is 2.49. The van der Waals surface area contributed by atoms with Crippen LogP contribution in [0.5, 0.6) is 0 Å². The molecule has 3 heterocycles. The van der Waals surface area contributed by atoms with E-state index in [1.54, 1.807) is 24.4 Å². The zero-order chi connectivity index (χ0) is 25.2. The topological polar surface area (TPSA) is 78.7 Å². The van der Waals surface area contributed by atoms with Crippen LogP contribution in [0.1, 0.15) is 40.0 Å². The Balaban J connectivity index is 1.25. The molecule has 2 amide bonds. The van der Waals surface area contributed by atoms with Gasteiger partial charge in [-0.25, -0.2) is 13.8 Å². The van der Waals surface area contributed by atoms with Crippen LogP contribution in [0, 0.1) is 5.82 Å². The third-order valence-corrected chi connectivity index (χ3v) is 7.56. The number of likely N-dealkylation sites (tertiary alicyclic amines) is 1. The quantitative estimate of drug-likeness (QED) is 0.364. The molecular weight excluding hydrogens is 484 g/mol. The smallest absolute Gasteiger partial charge is 0.251 e. The molecule has 4 aromatic rings. The normalized spacial score (nSPS) is 15.0. The maximum atomic E-state index is 14.7. The molecule has 0 bridgehead atoms. The minimum absolute atomic E-state index is 0.135. The number of piperidine rings is 1. The zero-order valence-corrected chi connectivity index (χ0v) is 20.7. The van der Waals surface area contributed by atoms with Crippen molar-refractivity contribution in [3.63, 3.8) is 0 Å². The Hall–Kier alpha value is -3.37. The molecule has 0 unspecified atom stereocenters. The van der Waals surface area contributed by atoms with Crippen molar-refractivity contribution in [2.24, 2.45) is 0 Å². The van der Waals surface area contributed by atoms with Gasteiger partial charge in [-0.05, 0) is 62.2 Å². The molecule has 188 valence electrons. The molecule has 0 atom stereocenters. The largest absolute Gasteiger partial charge is 0.355 e. The van der Waals surface area contributed by atoms with E-state index < -0.39 is 12.0 Å². The van der Waals surface area contributed by atoms with Crippen molar-refractivity contribution in [3.8, 4) is 11.3 Å². The Morgan fingerprint density at radius 3 is 2.61 bits per heavy atom. The van der Waals surface area contributed by atoms with E-state index in [9.17, 15) is 18.4 Å². The average Bonchev–Trinajstić information content (AvgIpc) is 3.44. The third kappa shape index (κ3) is 4.96. The molecule has 36 heavy (non-hydrogen) atoms. The number of aromatic nitrogens is 2.